The molecule has 0 fully saturated rings. The zero-order valence-corrected chi connectivity index (χ0v) is 40.3. The predicted molar refractivity (Wildman–Crippen MR) is 306 cm³/mol. The molecule has 0 heterocycles. The van der Waals surface area contributed by atoms with Crippen molar-refractivity contribution in [3.05, 3.63) is 294 Å². The molecule has 0 unspecified atom stereocenters. The molecular weight excluding hydrogens is 867 g/mol. The summed E-state index contributed by atoms with van der Waals surface area (Å²) in [6, 6.07) is 97.4. The van der Waals surface area contributed by atoms with Crippen LogP contribution in [0.25, 0.3) is 87.2 Å². The van der Waals surface area contributed by atoms with Gasteiger partial charge in [0.2, 0.25) is 0 Å². The molecule has 0 saturated carbocycles. The van der Waals surface area contributed by atoms with Crippen molar-refractivity contribution in [2.24, 2.45) is 0 Å². The minimum Gasteiger partial charge on any atom is -0.309 e. The Balaban J connectivity index is 0.965. The molecule has 14 rings (SSSR count). The first-order valence-electron chi connectivity index (χ1n) is 25.2. The second kappa shape index (κ2) is 16.5. The Kier molecular flexibility index (Phi) is 9.63. The Morgan fingerprint density at radius 1 is 0.292 bits per heavy atom. The molecule has 1 nitrogen and oxygen atoms in total. The molecule has 0 aliphatic heterocycles. The lowest BCUT2D eigenvalue weighted by Gasteiger charge is -2.34. The lowest BCUT2D eigenvalue weighted by atomic mass is 9.67. The molecule has 338 valence electrons. The van der Waals surface area contributed by atoms with E-state index in [9.17, 15) is 0 Å². The molecule has 1 heteroatoms. The van der Waals surface area contributed by atoms with Crippen LogP contribution in [0.1, 0.15) is 33.4 Å². The number of nitrogens with zero attached hydrogens (tertiary/aromatic N) is 1. The number of hydrogen-bond donors (Lipinski definition) is 0. The van der Waals surface area contributed by atoms with Crippen molar-refractivity contribution in [3.63, 3.8) is 0 Å². The van der Waals surface area contributed by atoms with Gasteiger partial charge in [-0.05, 0) is 154 Å². The standard InChI is InChI=1S/C71H49N/c1-46-36-42-66(56-26-11-9-24-54(46)56)72(67-43-37-47(2)55-25-10-12-27-57(55)67)53-41-40-48-44-50(39-38-49(48)45-53)68-58-28-13-15-30-60(58)69(61-31-16-14-29-59(61)68)63-33-19-35-65-70(63)62-32-17-18-34-64(62)71(65,51-20-5-3-6-21-51)52-22-7-4-8-23-52/h3-45H,1-2H3. The maximum Gasteiger partial charge on any atom is 0.0713 e. The van der Waals surface area contributed by atoms with Gasteiger partial charge in [0.1, 0.15) is 0 Å². The van der Waals surface area contributed by atoms with Crippen LogP contribution in [0.4, 0.5) is 17.1 Å². The average molecular weight is 916 g/mol. The van der Waals surface area contributed by atoms with E-state index < -0.39 is 5.41 Å². The predicted octanol–water partition coefficient (Wildman–Crippen LogP) is 19.2. The van der Waals surface area contributed by atoms with E-state index in [1.807, 2.05) is 0 Å². The van der Waals surface area contributed by atoms with Gasteiger partial charge in [0, 0.05) is 16.5 Å². The van der Waals surface area contributed by atoms with Crippen molar-refractivity contribution in [2.75, 3.05) is 4.90 Å². The molecule has 13 aromatic carbocycles. The van der Waals surface area contributed by atoms with Crippen LogP contribution in [0.2, 0.25) is 0 Å². The number of hydrogen-bond acceptors (Lipinski definition) is 1. The van der Waals surface area contributed by atoms with E-state index in [0.717, 1.165) is 17.1 Å². The molecule has 0 N–H and O–H groups in total. The van der Waals surface area contributed by atoms with Gasteiger partial charge >= 0.3 is 0 Å². The van der Waals surface area contributed by atoms with Crippen molar-refractivity contribution in [3.8, 4) is 33.4 Å². The SMILES string of the molecule is Cc1ccc(N(c2ccc3cc(-c4c5ccccc5c(-c5cccc6c5-c5ccccc5C6(c5ccccc5)c5ccccc5)c5ccccc45)ccc3c2)c2ccc(C)c3ccccc23)c2ccccc12. The fourth-order valence-corrected chi connectivity index (χ4v) is 12.6. The Hall–Kier alpha value is -9.04. The van der Waals surface area contributed by atoms with Crippen molar-refractivity contribution < 1.29 is 0 Å². The monoisotopic (exact) mass is 915 g/mol. The van der Waals surface area contributed by atoms with Gasteiger partial charge in [0.05, 0.1) is 16.8 Å². The molecule has 0 spiro atoms. The van der Waals surface area contributed by atoms with Crippen molar-refractivity contribution in [2.45, 2.75) is 19.3 Å². The van der Waals surface area contributed by atoms with Gasteiger partial charge in [-0.15, -0.1) is 0 Å². The Morgan fingerprint density at radius 2 is 0.736 bits per heavy atom. The van der Waals surface area contributed by atoms with Crippen LogP contribution in [-0.2, 0) is 5.41 Å². The summed E-state index contributed by atoms with van der Waals surface area (Å²) >= 11 is 0. The summed E-state index contributed by atoms with van der Waals surface area (Å²) in [5, 5.41) is 12.4. The summed E-state index contributed by atoms with van der Waals surface area (Å²) in [6.07, 6.45) is 0. The molecule has 0 amide bonds. The third-order valence-electron chi connectivity index (χ3n) is 15.8. The Morgan fingerprint density at radius 3 is 1.32 bits per heavy atom. The van der Waals surface area contributed by atoms with E-state index in [1.165, 1.54) is 121 Å². The van der Waals surface area contributed by atoms with Gasteiger partial charge in [-0.3, -0.25) is 0 Å². The van der Waals surface area contributed by atoms with Crippen LogP contribution in [-0.4, -0.2) is 0 Å². The summed E-state index contributed by atoms with van der Waals surface area (Å²) in [4.78, 5) is 2.47. The number of fused-ring (bicyclic) bond motifs is 8. The van der Waals surface area contributed by atoms with Gasteiger partial charge < -0.3 is 4.90 Å². The number of benzene rings is 13. The average Bonchev–Trinajstić information content (AvgIpc) is 3.75. The van der Waals surface area contributed by atoms with Crippen LogP contribution >= 0.6 is 0 Å². The summed E-state index contributed by atoms with van der Waals surface area (Å²) in [7, 11) is 0. The minimum atomic E-state index is -0.486. The molecule has 72 heavy (non-hydrogen) atoms. The van der Waals surface area contributed by atoms with E-state index in [-0.39, 0.29) is 0 Å². The Labute approximate surface area is 420 Å². The minimum absolute atomic E-state index is 0.486. The van der Waals surface area contributed by atoms with Gasteiger partial charge in [0.25, 0.3) is 0 Å². The first-order chi connectivity index (χ1) is 35.6. The van der Waals surface area contributed by atoms with Gasteiger partial charge in [-0.2, -0.15) is 0 Å². The Bertz CT molecular complexity index is 4120. The van der Waals surface area contributed by atoms with Crippen LogP contribution in [0.5, 0.6) is 0 Å². The largest absolute Gasteiger partial charge is 0.309 e. The van der Waals surface area contributed by atoms with Crippen molar-refractivity contribution in [1.29, 1.82) is 0 Å². The normalized spacial score (nSPS) is 12.7. The highest BCUT2D eigenvalue weighted by Gasteiger charge is 2.47. The molecule has 1 aliphatic rings. The quantitative estimate of drug-likeness (QED) is 0.144. The summed E-state index contributed by atoms with van der Waals surface area (Å²) in [5.74, 6) is 0. The van der Waals surface area contributed by atoms with E-state index in [0.29, 0.717) is 0 Å². The van der Waals surface area contributed by atoms with Crippen LogP contribution in [0, 0.1) is 13.8 Å². The molecule has 0 saturated heterocycles. The van der Waals surface area contributed by atoms with E-state index >= 15 is 0 Å². The zero-order valence-electron chi connectivity index (χ0n) is 40.3. The first-order valence-corrected chi connectivity index (χ1v) is 25.2. The molecule has 0 bridgehead atoms. The number of anilines is 3. The highest BCUT2D eigenvalue weighted by atomic mass is 15.1. The maximum atomic E-state index is 2.47. The van der Waals surface area contributed by atoms with Crippen LogP contribution in [0.3, 0.4) is 0 Å². The second-order valence-corrected chi connectivity index (χ2v) is 19.6. The zero-order chi connectivity index (χ0) is 47.9. The van der Waals surface area contributed by atoms with Crippen molar-refractivity contribution >= 4 is 70.9 Å². The lowest BCUT2D eigenvalue weighted by molar-refractivity contribution is 0.768. The highest BCUT2D eigenvalue weighted by Crippen LogP contribution is 2.59. The van der Waals surface area contributed by atoms with Gasteiger partial charge in [0.15, 0.2) is 0 Å². The van der Waals surface area contributed by atoms with Crippen LogP contribution < -0.4 is 4.90 Å². The van der Waals surface area contributed by atoms with Gasteiger partial charge in [-0.25, -0.2) is 0 Å². The maximum absolute atomic E-state index is 2.47. The molecule has 0 atom stereocenters. The molecule has 1 aliphatic carbocycles. The summed E-state index contributed by atoms with van der Waals surface area (Å²) < 4.78 is 0. The van der Waals surface area contributed by atoms with Crippen molar-refractivity contribution in [1.82, 2.24) is 0 Å². The number of aryl methyl sites for hydroxylation is 2. The number of rotatable bonds is 7. The van der Waals surface area contributed by atoms with E-state index in [4.69, 9.17) is 0 Å². The highest BCUT2D eigenvalue weighted by molar-refractivity contribution is 6.23. The first kappa shape index (κ1) is 41.9. The van der Waals surface area contributed by atoms with E-state index in [1.54, 1.807) is 0 Å². The molecule has 0 aromatic heterocycles. The molecule has 0 radical (unpaired) electrons. The second-order valence-electron chi connectivity index (χ2n) is 19.6. The third-order valence-corrected chi connectivity index (χ3v) is 15.8. The topological polar surface area (TPSA) is 3.24 Å². The van der Waals surface area contributed by atoms with E-state index in [2.05, 4.69) is 280 Å². The smallest absolute Gasteiger partial charge is 0.0713 e. The van der Waals surface area contributed by atoms with Gasteiger partial charge in [-0.1, -0.05) is 231 Å². The third kappa shape index (κ3) is 6.20. The summed E-state index contributed by atoms with van der Waals surface area (Å²) in [5.41, 5.74) is 18.3. The fraction of sp³-hybridized carbons (Fsp3) is 0.0423. The molecule has 13 aromatic rings. The lowest BCUT2D eigenvalue weighted by Crippen LogP contribution is -2.28. The summed E-state index contributed by atoms with van der Waals surface area (Å²) in [6.45, 7) is 4.42. The fourth-order valence-electron chi connectivity index (χ4n) is 12.6. The molecular formula is C71H49N. The van der Waals surface area contributed by atoms with Crippen LogP contribution in [0.15, 0.2) is 261 Å².